The Morgan fingerprint density at radius 3 is 2.77 bits per heavy atom. The van der Waals surface area contributed by atoms with E-state index in [1.165, 1.54) is 18.3 Å². The molecule has 1 unspecified atom stereocenters. The molecule has 1 N–H and O–H groups in total. The number of pyridine rings is 1. The first-order valence-electron chi connectivity index (χ1n) is 11.6. The number of likely N-dealkylation sites (N-methyl/N-ethyl adjacent to an activating group) is 1. The van der Waals surface area contributed by atoms with Crippen LogP contribution in [0.25, 0.3) is 10.9 Å². The Morgan fingerprint density at radius 1 is 1.20 bits per heavy atom. The summed E-state index contributed by atoms with van der Waals surface area (Å²) >= 11 is 1.19. The average Bonchev–Trinajstić information content (AvgIpc) is 3.28. The van der Waals surface area contributed by atoms with Gasteiger partial charge < -0.3 is 9.47 Å². The lowest BCUT2D eigenvalue weighted by atomic mass is 9.95. The number of anilines is 1. The number of carbonyl (C=O) groups is 3. The van der Waals surface area contributed by atoms with Crippen molar-refractivity contribution in [3.63, 3.8) is 0 Å². The molecule has 35 heavy (non-hydrogen) atoms. The van der Waals surface area contributed by atoms with Crippen LogP contribution in [0.15, 0.2) is 29.6 Å². The summed E-state index contributed by atoms with van der Waals surface area (Å²) in [5, 5.41) is 5.37. The van der Waals surface area contributed by atoms with E-state index in [4.69, 9.17) is 14.5 Å². The second-order valence-corrected chi connectivity index (χ2v) is 9.07. The largest absolute Gasteiger partial charge is 0.466 e. The molecule has 0 spiro atoms. The van der Waals surface area contributed by atoms with Gasteiger partial charge in [-0.05, 0) is 26.5 Å². The van der Waals surface area contributed by atoms with Crippen molar-refractivity contribution in [2.45, 2.75) is 46.3 Å². The summed E-state index contributed by atoms with van der Waals surface area (Å²) < 4.78 is 10.5. The van der Waals surface area contributed by atoms with Crippen molar-refractivity contribution in [2.75, 3.05) is 25.0 Å². The predicted molar refractivity (Wildman–Crippen MR) is 132 cm³/mol. The molecule has 1 amide bonds. The Balaban J connectivity index is 1.50. The van der Waals surface area contributed by atoms with Crippen molar-refractivity contribution in [3.8, 4) is 0 Å². The summed E-state index contributed by atoms with van der Waals surface area (Å²) in [5.41, 5.74) is 3.46. The molecule has 0 bridgehead atoms. The maximum atomic E-state index is 13.4. The first kappa shape index (κ1) is 24.7. The molecule has 9 nitrogen and oxygen atoms in total. The van der Waals surface area contributed by atoms with Gasteiger partial charge in [0.25, 0.3) is 5.91 Å². The molecule has 1 atom stereocenters. The monoisotopic (exact) mass is 496 g/mol. The molecule has 1 aliphatic heterocycles. The fraction of sp³-hybridized carbons (Fsp3) is 0.400. The fourth-order valence-corrected chi connectivity index (χ4v) is 4.75. The minimum atomic E-state index is -1.05. The third kappa shape index (κ3) is 5.66. The quantitative estimate of drug-likeness (QED) is 0.473. The predicted octanol–water partition coefficient (Wildman–Crippen LogP) is 3.36. The van der Waals surface area contributed by atoms with Crippen LogP contribution < -0.4 is 5.32 Å². The summed E-state index contributed by atoms with van der Waals surface area (Å²) in [6.45, 7) is 7.99. The molecule has 3 heterocycles. The molecule has 10 heteroatoms. The zero-order valence-electron chi connectivity index (χ0n) is 20.0. The number of thiazole rings is 1. The zero-order chi connectivity index (χ0) is 24.9. The maximum Gasteiger partial charge on any atom is 0.339 e. The Bertz CT molecular complexity index is 1260. The number of hydrogen-bond acceptors (Lipinski definition) is 9. The fourth-order valence-electron chi connectivity index (χ4n) is 4.03. The van der Waals surface area contributed by atoms with Crippen molar-refractivity contribution in [3.05, 3.63) is 52.2 Å². The van der Waals surface area contributed by atoms with Crippen LogP contribution in [0.3, 0.4) is 0 Å². The zero-order valence-corrected chi connectivity index (χ0v) is 20.8. The van der Waals surface area contributed by atoms with E-state index in [0.29, 0.717) is 34.9 Å². The maximum absolute atomic E-state index is 13.4. The third-order valence-corrected chi connectivity index (χ3v) is 6.65. The number of ether oxygens (including phenoxy) is 2. The number of para-hydroxylation sites is 1. The summed E-state index contributed by atoms with van der Waals surface area (Å²) in [4.78, 5) is 49.0. The summed E-state index contributed by atoms with van der Waals surface area (Å²) in [7, 11) is 0. The van der Waals surface area contributed by atoms with Crippen LogP contribution in [0.4, 0.5) is 5.13 Å². The van der Waals surface area contributed by atoms with E-state index in [1.54, 1.807) is 12.3 Å². The molecular formula is C25H28N4O5S. The van der Waals surface area contributed by atoms with Gasteiger partial charge in [-0.3, -0.25) is 24.8 Å². The van der Waals surface area contributed by atoms with E-state index in [0.717, 1.165) is 36.3 Å². The van der Waals surface area contributed by atoms with Crippen LogP contribution in [0.5, 0.6) is 0 Å². The van der Waals surface area contributed by atoms with Gasteiger partial charge in [0.2, 0.25) is 0 Å². The van der Waals surface area contributed by atoms with Gasteiger partial charge in [-0.2, -0.15) is 0 Å². The number of nitrogens with one attached hydrogen (secondary N) is 1. The second-order valence-electron chi connectivity index (χ2n) is 8.21. The second kappa shape index (κ2) is 10.9. The number of nitrogens with zero attached hydrogens (tertiary/aromatic N) is 3. The Kier molecular flexibility index (Phi) is 7.72. The van der Waals surface area contributed by atoms with Crippen LogP contribution in [0.2, 0.25) is 0 Å². The summed E-state index contributed by atoms with van der Waals surface area (Å²) in [6, 6.07) is 7.49. The van der Waals surface area contributed by atoms with Crippen LogP contribution in [0.1, 0.15) is 48.1 Å². The standard InChI is InChI=1S/C25H28N4O5S/c1-4-29-11-10-20-18(13-29)22(17-8-6-7-9-19(17)27-20)24(32)34-15(3)23(31)28-25-26-16(14-35-25)12-21(30)33-5-2/h6-9,14-15H,4-5,10-13H2,1-3H3,(H,26,28,31). The SMILES string of the molecule is CCOC(=O)Cc1csc(NC(=O)C(C)OC(=O)c2c3c(nc4ccccc24)CCN(CC)C3)n1. The molecule has 0 radical (unpaired) electrons. The normalized spacial score (nSPS) is 14.3. The smallest absolute Gasteiger partial charge is 0.339 e. The number of carbonyl (C=O) groups excluding carboxylic acids is 3. The van der Waals surface area contributed by atoms with Crippen molar-refractivity contribution in [2.24, 2.45) is 0 Å². The number of amides is 1. The van der Waals surface area contributed by atoms with Crippen molar-refractivity contribution < 1.29 is 23.9 Å². The van der Waals surface area contributed by atoms with E-state index >= 15 is 0 Å². The number of esters is 2. The lowest BCUT2D eigenvalue weighted by Gasteiger charge is -2.29. The lowest BCUT2D eigenvalue weighted by molar-refractivity contribution is -0.142. The van der Waals surface area contributed by atoms with Gasteiger partial charge in [0, 0.05) is 41.5 Å². The van der Waals surface area contributed by atoms with Gasteiger partial charge in [0.15, 0.2) is 11.2 Å². The Morgan fingerprint density at radius 2 is 2.00 bits per heavy atom. The van der Waals surface area contributed by atoms with Crippen LogP contribution >= 0.6 is 11.3 Å². The van der Waals surface area contributed by atoms with Gasteiger partial charge in [-0.25, -0.2) is 9.78 Å². The molecule has 4 rings (SSSR count). The molecule has 0 saturated carbocycles. The van der Waals surface area contributed by atoms with Gasteiger partial charge in [-0.1, -0.05) is 25.1 Å². The number of benzene rings is 1. The molecule has 1 aromatic carbocycles. The number of rotatable bonds is 8. The minimum Gasteiger partial charge on any atom is -0.466 e. The molecule has 0 aliphatic carbocycles. The number of fused-ring (bicyclic) bond motifs is 2. The Labute approximate surface area is 207 Å². The minimum absolute atomic E-state index is 0.0275. The van der Waals surface area contributed by atoms with E-state index in [2.05, 4.69) is 22.1 Å². The van der Waals surface area contributed by atoms with E-state index in [-0.39, 0.29) is 12.4 Å². The van der Waals surface area contributed by atoms with Gasteiger partial charge in [0.05, 0.1) is 29.8 Å². The highest BCUT2D eigenvalue weighted by Crippen LogP contribution is 2.29. The van der Waals surface area contributed by atoms with Gasteiger partial charge >= 0.3 is 11.9 Å². The van der Waals surface area contributed by atoms with Crippen LogP contribution in [0, 0.1) is 0 Å². The van der Waals surface area contributed by atoms with E-state index in [9.17, 15) is 14.4 Å². The number of aromatic nitrogens is 2. The third-order valence-electron chi connectivity index (χ3n) is 5.84. The van der Waals surface area contributed by atoms with Crippen LogP contribution in [-0.2, 0) is 38.4 Å². The molecule has 0 fully saturated rings. The van der Waals surface area contributed by atoms with Crippen molar-refractivity contribution >= 4 is 45.2 Å². The highest BCUT2D eigenvalue weighted by atomic mass is 32.1. The lowest BCUT2D eigenvalue weighted by Crippen LogP contribution is -2.34. The molecule has 1 aliphatic rings. The van der Waals surface area contributed by atoms with Crippen LogP contribution in [-0.4, -0.2) is 58.5 Å². The van der Waals surface area contributed by atoms with Crippen molar-refractivity contribution in [1.82, 2.24) is 14.9 Å². The average molecular weight is 497 g/mol. The molecule has 2 aromatic heterocycles. The molecule has 0 saturated heterocycles. The molecule has 184 valence electrons. The first-order chi connectivity index (χ1) is 16.9. The Hall–Kier alpha value is -3.37. The van der Waals surface area contributed by atoms with Gasteiger partial charge in [-0.15, -0.1) is 11.3 Å². The summed E-state index contributed by atoms with van der Waals surface area (Å²) in [6.07, 6.45) is -0.268. The van der Waals surface area contributed by atoms with Gasteiger partial charge in [0.1, 0.15) is 0 Å². The highest BCUT2D eigenvalue weighted by Gasteiger charge is 2.28. The number of hydrogen-bond donors (Lipinski definition) is 1. The highest BCUT2D eigenvalue weighted by molar-refractivity contribution is 7.13. The molecular weight excluding hydrogens is 468 g/mol. The van der Waals surface area contributed by atoms with Crippen molar-refractivity contribution in [1.29, 1.82) is 0 Å². The first-order valence-corrected chi connectivity index (χ1v) is 12.5. The van der Waals surface area contributed by atoms with E-state index in [1.807, 2.05) is 24.3 Å². The topological polar surface area (TPSA) is 111 Å². The van der Waals surface area contributed by atoms with E-state index < -0.39 is 18.0 Å². The summed E-state index contributed by atoms with van der Waals surface area (Å²) in [5.74, 6) is -1.44. The molecule has 3 aromatic rings.